The van der Waals surface area contributed by atoms with E-state index in [1.54, 1.807) is 0 Å². The van der Waals surface area contributed by atoms with E-state index in [0.29, 0.717) is 12.5 Å². The minimum Gasteiger partial charge on any atom is -0.381 e. The smallest absolute Gasteiger partial charge is 0.194 e. The number of nitrogens with zero attached hydrogens (tertiary/aromatic N) is 5. The largest absolute Gasteiger partial charge is 0.381 e. The van der Waals surface area contributed by atoms with Crippen LogP contribution in [0.3, 0.4) is 0 Å². The minimum absolute atomic E-state index is 0. The van der Waals surface area contributed by atoms with Gasteiger partial charge in [-0.05, 0) is 26.2 Å². The molecule has 3 heterocycles. The van der Waals surface area contributed by atoms with Gasteiger partial charge in [-0.1, -0.05) is 0 Å². The van der Waals surface area contributed by atoms with Gasteiger partial charge in [-0.15, -0.1) is 34.2 Å². The number of nitrogens with one attached hydrogen (secondary N) is 1. The van der Waals surface area contributed by atoms with E-state index in [9.17, 15) is 0 Å². The van der Waals surface area contributed by atoms with Crippen molar-refractivity contribution in [1.29, 1.82) is 0 Å². The van der Waals surface area contributed by atoms with Crippen LogP contribution in [0.2, 0.25) is 0 Å². The molecule has 0 aliphatic carbocycles. The highest BCUT2D eigenvalue weighted by Gasteiger charge is 2.20. The van der Waals surface area contributed by atoms with E-state index in [1.807, 2.05) is 0 Å². The Kier molecular flexibility index (Phi) is 7.73. The molecule has 0 bridgehead atoms. The molecule has 1 aromatic heterocycles. The van der Waals surface area contributed by atoms with E-state index in [1.165, 1.54) is 12.8 Å². The summed E-state index contributed by atoms with van der Waals surface area (Å²) < 4.78 is 7.71. The predicted octanol–water partition coefficient (Wildman–Crippen LogP) is 1.67. The zero-order chi connectivity index (χ0) is 16.1. The molecule has 1 aromatic rings. The first-order chi connectivity index (χ1) is 11.3. The van der Waals surface area contributed by atoms with Crippen LogP contribution in [0.1, 0.15) is 37.8 Å². The minimum atomic E-state index is 0. The lowest BCUT2D eigenvalue weighted by Crippen LogP contribution is -2.41. The average molecular weight is 448 g/mol. The van der Waals surface area contributed by atoms with Crippen molar-refractivity contribution in [1.82, 2.24) is 25.0 Å². The Balaban J connectivity index is 0.00000208. The molecule has 0 aromatic carbocycles. The highest BCUT2D eigenvalue weighted by atomic mass is 127. The number of aryl methyl sites for hydroxylation is 1. The second kappa shape index (κ2) is 9.55. The van der Waals surface area contributed by atoms with Crippen LogP contribution in [-0.4, -0.2) is 59.0 Å². The average Bonchev–Trinajstić information content (AvgIpc) is 3.21. The molecule has 3 rings (SSSR count). The van der Waals surface area contributed by atoms with E-state index in [4.69, 9.17) is 9.73 Å². The van der Waals surface area contributed by atoms with Gasteiger partial charge in [-0.25, -0.2) is 4.99 Å². The summed E-state index contributed by atoms with van der Waals surface area (Å²) in [5.74, 6) is 3.63. The maximum absolute atomic E-state index is 5.47. The Bertz CT molecular complexity index is 541. The van der Waals surface area contributed by atoms with Crippen molar-refractivity contribution in [3.05, 3.63) is 11.6 Å². The van der Waals surface area contributed by atoms with Crippen LogP contribution in [0.5, 0.6) is 0 Å². The van der Waals surface area contributed by atoms with Gasteiger partial charge < -0.3 is 19.5 Å². The van der Waals surface area contributed by atoms with Crippen molar-refractivity contribution in [2.75, 3.05) is 33.4 Å². The first-order valence-corrected chi connectivity index (χ1v) is 8.76. The normalized spacial score (nSPS) is 20.4. The molecule has 7 nitrogen and oxygen atoms in total. The molecule has 1 saturated heterocycles. The topological polar surface area (TPSA) is 67.6 Å². The van der Waals surface area contributed by atoms with Crippen LogP contribution in [0.15, 0.2) is 4.99 Å². The van der Waals surface area contributed by atoms with Crippen LogP contribution in [0.4, 0.5) is 0 Å². The standard InChI is InChI=1S/C16H28N6O.HI/c1-3-17-16(21(2)11-13-7-9-23-12-13)18-10-15-20-19-14-6-4-5-8-22(14)15;/h13H,3-12H2,1-2H3,(H,17,18);1H. The Morgan fingerprint density at radius 3 is 3.04 bits per heavy atom. The van der Waals surface area contributed by atoms with Gasteiger partial charge >= 0.3 is 0 Å². The number of aliphatic imine (C=N–C) groups is 1. The Morgan fingerprint density at radius 1 is 1.42 bits per heavy atom. The molecule has 1 unspecified atom stereocenters. The summed E-state index contributed by atoms with van der Waals surface area (Å²) in [7, 11) is 2.10. The van der Waals surface area contributed by atoms with Gasteiger partial charge in [-0.2, -0.15) is 0 Å². The van der Waals surface area contributed by atoms with Crippen LogP contribution in [0.25, 0.3) is 0 Å². The van der Waals surface area contributed by atoms with Gasteiger partial charge in [0.15, 0.2) is 11.8 Å². The molecule has 2 aliphatic heterocycles. The lowest BCUT2D eigenvalue weighted by Gasteiger charge is -2.24. The highest BCUT2D eigenvalue weighted by molar-refractivity contribution is 14.0. The van der Waals surface area contributed by atoms with Crippen LogP contribution in [0, 0.1) is 5.92 Å². The lowest BCUT2D eigenvalue weighted by molar-refractivity contribution is 0.181. The fraction of sp³-hybridized carbons (Fsp3) is 0.812. The van der Waals surface area contributed by atoms with E-state index >= 15 is 0 Å². The molecule has 0 saturated carbocycles. The molecule has 0 radical (unpaired) electrons. The number of hydrogen-bond acceptors (Lipinski definition) is 4. The fourth-order valence-electron chi connectivity index (χ4n) is 3.30. The number of guanidine groups is 1. The molecule has 1 fully saturated rings. The summed E-state index contributed by atoms with van der Waals surface area (Å²) in [6.07, 6.45) is 4.61. The molecule has 2 aliphatic rings. The molecule has 0 amide bonds. The van der Waals surface area contributed by atoms with E-state index in [0.717, 1.165) is 63.3 Å². The number of ether oxygens (including phenoxy) is 1. The zero-order valence-electron chi connectivity index (χ0n) is 14.7. The zero-order valence-corrected chi connectivity index (χ0v) is 17.0. The van der Waals surface area contributed by atoms with Crippen molar-refractivity contribution in [2.45, 2.75) is 45.7 Å². The van der Waals surface area contributed by atoms with Gasteiger partial charge in [-0.3, -0.25) is 0 Å². The second-order valence-electron chi connectivity index (χ2n) is 6.42. The number of fused-ring (bicyclic) bond motifs is 1. The summed E-state index contributed by atoms with van der Waals surface area (Å²) in [6.45, 7) is 7.30. The van der Waals surface area contributed by atoms with E-state index in [-0.39, 0.29) is 24.0 Å². The molecule has 1 atom stereocenters. The Hall–Kier alpha value is -0.900. The molecule has 8 heteroatoms. The maximum atomic E-state index is 5.47. The van der Waals surface area contributed by atoms with Gasteiger partial charge in [0.1, 0.15) is 12.4 Å². The van der Waals surface area contributed by atoms with Crippen molar-refractivity contribution in [2.24, 2.45) is 10.9 Å². The van der Waals surface area contributed by atoms with E-state index < -0.39 is 0 Å². The van der Waals surface area contributed by atoms with Gasteiger partial charge in [0.05, 0.1) is 6.61 Å². The van der Waals surface area contributed by atoms with Crippen molar-refractivity contribution in [3.8, 4) is 0 Å². The van der Waals surface area contributed by atoms with E-state index in [2.05, 4.69) is 39.0 Å². The Morgan fingerprint density at radius 2 is 2.29 bits per heavy atom. The fourth-order valence-corrected chi connectivity index (χ4v) is 3.30. The number of rotatable bonds is 5. The summed E-state index contributed by atoms with van der Waals surface area (Å²) in [5.41, 5.74) is 0. The number of halogens is 1. The quantitative estimate of drug-likeness (QED) is 0.422. The molecular weight excluding hydrogens is 419 g/mol. The summed E-state index contributed by atoms with van der Waals surface area (Å²) in [5, 5.41) is 12.0. The summed E-state index contributed by atoms with van der Waals surface area (Å²) in [6, 6.07) is 0. The lowest BCUT2D eigenvalue weighted by atomic mass is 10.1. The monoisotopic (exact) mass is 448 g/mol. The second-order valence-corrected chi connectivity index (χ2v) is 6.42. The van der Waals surface area contributed by atoms with Crippen LogP contribution < -0.4 is 5.32 Å². The van der Waals surface area contributed by atoms with Crippen molar-refractivity contribution >= 4 is 29.9 Å². The summed E-state index contributed by atoms with van der Waals surface area (Å²) >= 11 is 0. The molecule has 24 heavy (non-hydrogen) atoms. The number of hydrogen-bond donors (Lipinski definition) is 1. The molecular formula is C16H29IN6O. The third-order valence-corrected chi connectivity index (χ3v) is 4.56. The summed E-state index contributed by atoms with van der Waals surface area (Å²) in [4.78, 5) is 6.98. The maximum Gasteiger partial charge on any atom is 0.194 e. The first-order valence-electron chi connectivity index (χ1n) is 8.76. The first kappa shape index (κ1) is 19.4. The van der Waals surface area contributed by atoms with Gasteiger partial charge in [0, 0.05) is 45.6 Å². The third-order valence-electron chi connectivity index (χ3n) is 4.56. The van der Waals surface area contributed by atoms with Crippen molar-refractivity contribution < 1.29 is 4.74 Å². The molecule has 1 N–H and O–H groups in total. The van der Waals surface area contributed by atoms with Crippen LogP contribution in [-0.2, 0) is 24.2 Å². The third kappa shape index (κ3) is 4.81. The van der Waals surface area contributed by atoms with Crippen LogP contribution >= 0.6 is 24.0 Å². The Labute approximate surface area is 161 Å². The SMILES string of the molecule is CCNC(=NCc1nnc2n1CCCC2)N(C)CC1CCOC1.I. The van der Waals surface area contributed by atoms with Gasteiger partial charge in [0.2, 0.25) is 0 Å². The predicted molar refractivity (Wildman–Crippen MR) is 105 cm³/mol. The van der Waals surface area contributed by atoms with Gasteiger partial charge in [0.25, 0.3) is 0 Å². The highest BCUT2D eigenvalue weighted by Crippen LogP contribution is 2.15. The molecule has 136 valence electrons. The number of aromatic nitrogens is 3. The van der Waals surface area contributed by atoms with Crippen molar-refractivity contribution in [3.63, 3.8) is 0 Å². The molecule has 0 spiro atoms.